The second kappa shape index (κ2) is 6.79. The fourth-order valence-corrected chi connectivity index (χ4v) is 2.73. The molecule has 0 saturated carbocycles. The molecule has 0 fully saturated rings. The first-order chi connectivity index (χ1) is 10.5. The van der Waals surface area contributed by atoms with E-state index in [1.165, 1.54) is 6.07 Å². The number of halogens is 1. The average Bonchev–Trinajstić information content (AvgIpc) is 2.46. The first-order valence-corrected chi connectivity index (χ1v) is 7.39. The van der Waals surface area contributed by atoms with Gasteiger partial charge in [0.1, 0.15) is 17.2 Å². The first kappa shape index (κ1) is 16.3. The fraction of sp³-hybridized carbons (Fsp3) is 0.312. The lowest BCUT2D eigenvalue weighted by Crippen LogP contribution is -2.57. The van der Waals surface area contributed by atoms with Crippen molar-refractivity contribution in [3.05, 3.63) is 54.0 Å². The molecule has 3 N–H and O–H groups in total. The molecule has 0 amide bonds. The zero-order valence-corrected chi connectivity index (χ0v) is 13.5. The molecule has 4 nitrogen and oxygen atoms in total. The molecular formula is C16H20FN3OS. The van der Waals surface area contributed by atoms with Crippen molar-refractivity contribution in [2.75, 3.05) is 13.7 Å². The smallest absolute Gasteiger partial charge is 0.165 e. The Hall–Kier alpha value is -2.08. The normalized spacial score (nSPS) is 20.0. The number of ether oxygens (including phenoxy) is 1. The summed E-state index contributed by atoms with van der Waals surface area (Å²) in [6.07, 6.45) is 8.24. The van der Waals surface area contributed by atoms with Crippen LogP contribution in [0.5, 0.6) is 5.75 Å². The quantitative estimate of drug-likeness (QED) is 0.815. The molecule has 1 unspecified atom stereocenters. The Morgan fingerprint density at radius 3 is 2.91 bits per heavy atom. The highest BCUT2D eigenvalue weighted by Gasteiger charge is 2.28. The molecule has 0 spiro atoms. The number of allylic oxidation sites excluding steroid dienone is 2. The van der Waals surface area contributed by atoms with E-state index in [9.17, 15) is 4.39 Å². The number of nitrogens with zero attached hydrogens (tertiary/aromatic N) is 1. The van der Waals surface area contributed by atoms with E-state index in [4.69, 9.17) is 22.7 Å². The lowest BCUT2D eigenvalue weighted by Gasteiger charge is -2.41. The Balaban J connectivity index is 2.15. The molecule has 1 atom stereocenters. The molecule has 0 aromatic heterocycles. The van der Waals surface area contributed by atoms with Gasteiger partial charge in [0.15, 0.2) is 5.11 Å². The van der Waals surface area contributed by atoms with E-state index in [0.717, 1.165) is 0 Å². The highest BCUT2D eigenvalue weighted by Crippen LogP contribution is 2.24. The number of methoxy groups -OCH3 is 1. The summed E-state index contributed by atoms with van der Waals surface area (Å²) >= 11 is 4.94. The van der Waals surface area contributed by atoms with Crippen molar-refractivity contribution in [1.29, 1.82) is 0 Å². The van der Waals surface area contributed by atoms with Crippen LogP contribution in [0.2, 0.25) is 0 Å². The van der Waals surface area contributed by atoms with E-state index in [-0.39, 0.29) is 10.9 Å². The summed E-state index contributed by atoms with van der Waals surface area (Å²) in [6, 6.07) is 4.84. The molecule has 1 heterocycles. The van der Waals surface area contributed by atoms with Crippen LogP contribution < -0.4 is 15.8 Å². The van der Waals surface area contributed by atoms with Gasteiger partial charge in [0.2, 0.25) is 0 Å². The molecule has 1 aromatic rings. The summed E-state index contributed by atoms with van der Waals surface area (Å²) in [6.45, 7) is 2.55. The van der Waals surface area contributed by atoms with Crippen LogP contribution in [0, 0.1) is 5.82 Å². The van der Waals surface area contributed by atoms with Crippen molar-refractivity contribution in [1.82, 2.24) is 10.2 Å². The second-order valence-electron chi connectivity index (χ2n) is 5.20. The minimum Gasteiger partial charge on any atom is -0.496 e. The summed E-state index contributed by atoms with van der Waals surface area (Å²) < 4.78 is 19.2. The third kappa shape index (κ3) is 3.57. The Bertz CT molecular complexity index is 617. The number of thiocarbonyl (C=S) groups is 1. The molecule has 22 heavy (non-hydrogen) atoms. The zero-order valence-electron chi connectivity index (χ0n) is 12.7. The Labute approximate surface area is 135 Å². The average molecular weight is 321 g/mol. The summed E-state index contributed by atoms with van der Waals surface area (Å²) in [5.41, 5.74) is 5.64. The van der Waals surface area contributed by atoms with E-state index < -0.39 is 5.66 Å². The number of hydrogen-bond donors (Lipinski definition) is 2. The zero-order chi connectivity index (χ0) is 16.2. The third-order valence-electron chi connectivity index (χ3n) is 3.67. The van der Waals surface area contributed by atoms with Crippen LogP contribution in [-0.2, 0) is 6.42 Å². The van der Waals surface area contributed by atoms with Gasteiger partial charge >= 0.3 is 0 Å². The van der Waals surface area contributed by atoms with Crippen molar-refractivity contribution in [3.8, 4) is 5.75 Å². The minimum atomic E-state index is -0.529. The van der Waals surface area contributed by atoms with Gasteiger partial charge in [0, 0.05) is 18.3 Å². The molecule has 1 aromatic carbocycles. The van der Waals surface area contributed by atoms with Gasteiger partial charge in [-0.05, 0) is 49.8 Å². The molecule has 2 rings (SSSR count). The second-order valence-corrected chi connectivity index (χ2v) is 5.64. The van der Waals surface area contributed by atoms with Crippen LogP contribution in [0.25, 0.3) is 0 Å². The van der Waals surface area contributed by atoms with Crippen LogP contribution in [-0.4, -0.2) is 29.3 Å². The van der Waals surface area contributed by atoms with Crippen molar-refractivity contribution in [2.45, 2.75) is 19.0 Å². The molecule has 118 valence electrons. The standard InChI is InChI=1S/C16H20FN3OS/c1-16(19-15(18)22)9-3-4-10-20(16)11-8-12-13(17)6-5-7-14(12)21-2/h3-7,9-10H,8,11H2,1-2H3,(H3,18,19,22). The molecule has 0 bridgehead atoms. The van der Waals surface area contributed by atoms with E-state index in [2.05, 4.69) is 5.32 Å². The van der Waals surface area contributed by atoms with Gasteiger partial charge in [0.05, 0.1) is 7.11 Å². The third-order valence-corrected chi connectivity index (χ3v) is 3.77. The minimum absolute atomic E-state index is 0.218. The fourth-order valence-electron chi connectivity index (χ4n) is 2.52. The molecule has 0 aliphatic carbocycles. The molecule has 6 heteroatoms. The number of rotatable bonds is 5. The topological polar surface area (TPSA) is 50.5 Å². The number of benzene rings is 1. The summed E-state index contributed by atoms with van der Waals surface area (Å²) in [5.74, 6) is 0.292. The van der Waals surface area contributed by atoms with Crippen LogP contribution in [0.4, 0.5) is 4.39 Å². The monoisotopic (exact) mass is 321 g/mol. The Morgan fingerprint density at radius 1 is 1.45 bits per heavy atom. The SMILES string of the molecule is COc1cccc(F)c1CCN1C=CC=CC1(C)NC(N)=S. The van der Waals surface area contributed by atoms with Crippen LogP contribution >= 0.6 is 12.2 Å². The number of nitrogens with one attached hydrogen (secondary N) is 1. The van der Waals surface area contributed by atoms with Crippen molar-refractivity contribution in [3.63, 3.8) is 0 Å². The van der Waals surface area contributed by atoms with Gasteiger partial charge in [-0.25, -0.2) is 4.39 Å². The van der Waals surface area contributed by atoms with Gasteiger partial charge in [-0.3, -0.25) is 0 Å². The van der Waals surface area contributed by atoms with E-state index >= 15 is 0 Å². The van der Waals surface area contributed by atoms with Gasteiger partial charge in [-0.1, -0.05) is 12.1 Å². The van der Waals surface area contributed by atoms with Crippen molar-refractivity contribution in [2.24, 2.45) is 5.73 Å². The predicted molar refractivity (Wildman–Crippen MR) is 90.0 cm³/mol. The largest absolute Gasteiger partial charge is 0.496 e. The summed E-state index contributed by atoms with van der Waals surface area (Å²) in [4.78, 5) is 2.03. The highest BCUT2D eigenvalue weighted by atomic mass is 32.1. The maximum absolute atomic E-state index is 14.0. The van der Waals surface area contributed by atoms with Crippen LogP contribution in [0.1, 0.15) is 12.5 Å². The Morgan fingerprint density at radius 2 is 2.23 bits per heavy atom. The van der Waals surface area contributed by atoms with Crippen LogP contribution in [0.15, 0.2) is 42.6 Å². The summed E-state index contributed by atoms with van der Waals surface area (Å²) in [5, 5.41) is 3.28. The van der Waals surface area contributed by atoms with Crippen molar-refractivity contribution < 1.29 is 9.13 Å². The van der Waals surface area contributed by atoms with E-state index in [0.29, 0.717) is 24.3 Å². The maximum Gasteiger partial charge on any atom is 0.165 e. The highest BCUT2D eigenvalue weighted by molar-refractivity contribution is 7.80. The molecule has 0 saturated heterocycles. The van der Waals surface area contributed by atoms with E-state index in [1.807, 2.05) is 36.3 Å². The molecule has 1 aliphatic heterocycles. The number of hydrogen-bond acceptors (Lipinski definition) is 3. The molecule has 0 radical (unpaired) electrons. The van der Waals surface area contributed by atoms with Crippen molar-refractivity contribution >= 4 is 17.3 Å². The van der Waals surface area contributed by atoms with Gasteiger partial charge in [-0.2, -0.15) is 0 Å². The summed E-state index contributed by atoms with van der Waals surface area (Å²) in [7, 11) is 1.54. The van der Waals surface area contributed by atoms with Gasteiger partial charge in [-0.15, -0.1) is 0 Å². The van der Waals surface area contributed by atoms with Crippen LogP contribution in [0.3, 0.4) is 0 Å². The Kier molecular flexibility index (Phi) is 5.03. The lowest BCUT2D eigenvalue weighted by molar-refractivity contribution is 0.197. The van der Waals surface area contributed by atoms with E-state index in [1.54, 1.807) is 19.2 Å². The molecule has 1 aliphatic rings. The molecular weight excluding hydrogens is 301 g/mol. The first-order valence-electron chi connectivity index (χ1n) is 6.98. The van der Waals surface area contributed by atoms with Gasteiger partial charge in [0.25, 0.3) is 0 Å². The maximum atomic E-state index is 14.0. The lowest BCUT2D eigenvalue weighted by atomic mass is 10.0. The van der Waals surface area contributed by atoms with Gasteiger partial charge < -0.3 is 20.7 Å². The predicted octanol–water partition coefficient (Wildman–Crippen LogP) is 2.31. The number of nitrogens with two attached hydrogens (primary N) is 1.